The zero-order valence-corrected chi connectivity index (χ0v) is 9.91. The van der Waals surface area contributed by atoms with Gasteiger partial charge in [0.2, 0.25) is 0 Å². The minimum Gasteiger partial charge on any atom is -0.249 e. The Morgan fingerprint density at radius 2 is 2.18 bits per heavy atom. The third-order valence-corrected chi connectivity index (χ3v) is 2.54. The second-order valence-corrected chi connectivity index (χ2v) is 3.65. The van der Waals surface area contributed by atoms with Crippen LogP contribution in [0, 0.1) is 11.8 Å². The quantitative estimate of drug-likeness (QED) is 0.758. The highest BCUT2D eigenvalue weighted by atomic mass is 16.8. The molecule has 88 valence electrons. The van der Waals surface area contributed by atoms with Gasteiger partial charge in [-0.3, -0.25) is 0 Å². The van der Waals surface area contributed by atoms with Crippen molar-refractivity contribution >= 4 is 5.69 Å². The average molecular weight is 233 g/mol. The smallest absolute Gasteiger partial charge is 0.249 e. The van der Waals surface area contributed by atoms with Crippen LogP contribution in [0.25, 0.3) is 11.4 Å². The Hall–Kier alpha value is -2.24. The Kier molecular flexibility index (Phi) is 2.86. The summed E-state index contributed by atoms with van der Waals surface area (Å²) in [7, 11) is 3.16. The molecule has 0 aliphatic carbocycles. The summed E-state index contributed by atoms with van der Waals surface area (Å²) in [5, 5.41) is 4.02. The molecular weight excluding hydrogens is 220 g/mol. The highest BCUT2D eigenvalue weighted by molar-refractivity contribution is 5.62. The highest BCUT2D eigenvalue weighted by Crippen LogP contribution is 2.24. The first-order valence-electron chi connectivity index (χ1n) is 5.10. The fourth-order valence-electron chi connectivity index (χ4n) is 1.66. The van der Waals surface area contributed by atoms with Crippen molar-refractivity contribution in [2.24, 2.45) is 7.05 Å². The lowest BCUT2D eigenvalue weighted by atomic mass is 10.1. The first-order chi connectivity index (χ1) is 8.13. The summed E-state index contributed by atoms with van der Waals surface area (Å²) >= 11 is 0. The van der Waals surface area contributed by atoms with Gasteiger partial charge in [0, 0.05) is 24.7 Å². The average Bonchev–Trinajstić information content (AvgIpc) is 2.74. The molecule has 17 heavy (non-hydrogen) atoms. The van der Waals surface area contributed by atoms with E-state index in [1.54, 1.807) is 16.8 Å². The molecule has 0 aliphatic rings. The van der Waals surface area contributed by atoms with Crippen LogP contribution >= 0.6 is 0 Å². The number of hydrogen-bond acceptors (Lipinski definition) is 4. The van der Waals surface area contributed by atoms with E-state index >= 15 is 0 Å². The molecule has 0 aliphatic heterocycles. The van der Waals surface area contributed by atoms with Gasteiger partial charge in [-0.05, 0) is 18.6 Å². The second kappa shape index (κ2) is 4.32. The minimum atomic E-state index is 0.455. The predicted octanol–water partition coefficient (Wildman–Crippen LogP) is 1.76. The largest absolute Gasteiger partial charge is 0.317 e. The molecule has 0 bridgehead atoms. The van der Waals surface area contributed by atoms with E-state index in [1.807, 2.05) is 20.0 Å². The highest BCUT2D eigenvalue weighted by Gasteiger charge is 2.17. The van der Waals surface area contributed by atoms with Crippen LogP contribution in [-0.2, 0) is 11.9 Å². The number of benzene rings is 1. The van der Waals surface area contributed by atoms with Gasteiger partial charge in [0.15, 0.2) is 12.9 Å². The Labute approximate surface area is 98.4 Å². The number of aryl methyl sites for hydroxylation is 2. The molecule has 1 heterocycles. The van der Waals surface area contributed by atoms with Crippen molar-refractivity contribution in [2.75, 3.05) is 7.11 Å². The molecule has 0 saturated heterocycles. The van der Waals surface area contributed by atoms with E-state index in [0.29, 0.717) is 10.6 Å². The van der Waals surface area contributed by atoms with Gasteiger partial charge in [0.1, 0.15) is 6.33 Å². The topological polar surface area (TPSA) is 60.0 Å². The summed E-state index contributed by atoms with van der Waals surface area (Å²) in [4.78, 5) is 20.5. The summed E-state index contributed by atoms with van der Waals surface area (Å²) in [6.45, 7) is 1.91. The maximum atomic E-state index is 11.3. The van der Waals surface area contributed by atoms with Gasteiger partial charge in [-0.1, -0.05) is 0 Å². The first-order valence-corrected chi connectivity index (χ1v) is 5.10. The maximum absolute atomic E-state index is 11.3. The number of aromatic nitrogens is 3. The van der Waals surface area contributed by atoms with E-state index in [0.717, 1.165) is 17.0 Å². The van der Waals surface area contributed by atoms with E-state index in [1.165, 1.54) is 13.4 Å². The van der Waals surface area contributed by atoms with E-state index in [4.69, 9.17) is 0 Å². The van der Waals surface area contributed by atoms with E-state index in [9.17, 15) is 4.91 Å². The van der Waals surface area contributed by atoms with Crippen LogP contribution in [0.2, 0.25) is 0 Å². The van der Waals surface area contributed by atoms with Crippen LogP contribution in [0.15, 0.2) is 24.5 Å². The minimum absolute atomic E-state index is 0.455. The van der Waals surface area contributed by atoms with Gasteiger partial charge < -0.3 is 0 Å². The molecule has 0 amide bonds. The molecule has 6 heteroatoms. The molecule has 2 rings (SSSR count). The molecule has 2 aromatic rings. The zero-order valence-electron chi connectivity index (χ0n) is 9.91. The van der Waals surface area contributed by atoms with Crippen molar-refractivity contribution in [1.82, 2.24) is 14.8 Å². The van der Waals surface area contributed by atoms with Crippen molar-refractivity contribution in [2.45, 2.75) is 6.92 Å². The van der Waals surface area contributed by atoms with Crippen LogP contribution in [0.4, 0.5) is 5.69 Å². The normalized spacial score (nSPS) is 10.3. The van der Waals surface area contributed by atoms with Crippen LogP contribution in [0.5, 0.6) is 0 Å². The van der Waals surface area contributed by atoms with Crippen molar-refractivity contribution in [3.8, 4) is 11.4 Å². The molecule has 0 spiro atoms. The summed E-state index contributed by atoms with van der Waals surface area (Å²) in [5.74, 6) is 0.768. The van der Waals surface area contributed by atoms with Gasteiger partial charge in [-0.25, -0.2) is 14.5 Å². The predicted molar refractivity (Wildman–Crippen MR) is 61.5 cm³/mol. The molecule has 0 radical (unpaired) electrons. The number of nitrogens with zero attached hydrogens (tertiary/aromatic N) is 4. The van der Waals surface area contributed by atoms with Crippen LogP contribution in [0.3, 0.4) is 0 Å². The Morgan fingerprint density at radius 3 is 2.71 bits per heavy atom. The summed E-state index contributed by atoms with van der Waals surface area (Å²) in [6.07, 6.45) is 1.50. The molecule has 0 N–H and O–H groups in total. The molecule has 1 aromatic heterocycles. The molecule has 1 aromatic carbocycles. The van der Waals surface area contributed by atoms with Crippen LogP contribution in [-0.4, -0.2) is 26.8 Å². The van der Waals surface area contributed by atoms with E-state index in [-0.39, 0.29) is 0 Å². The van der Waals surface area contributed by atoms with Crippen molar-refractivity contribution < 1.29 is 9.76 Å². The SMILES string of the molecule is CO[N+](=O)c1ccc(-c2ncnn2C)c(C)c1. The molecule has 0 unspecified atom stereocenters. The van der Waals surface area contributed by atoms with E-state index in [2.05, 4.69) is 14.9 Å². The van der Waals surface area contributed by atoms with Crippen molar-refractivity contribution in [3.05, 3.63) is 35.0 Å². The monoisotopic (exact) mass is 233 g/mol. The summed E-state index contributed by atoms with van der Waals surface area (Å²) in [6, 6.07) is 5.27. The van der Waals surface area contributed by atoms with Gasteiger partial charge in [0.05, 0.1) is 4.91 Å². The van der Waals surface area contributed by atoms with Gasteiger partial charge >= 0.3 is 5.69 Å². The Bertz CT molecular complexity index is 562. The van der Waals surface area contributed by atoms with Crippen molar-refractivity contribution in [3.63, 3.8) is 0 Å². The van der Waals surface area contributed by atoms with E-state index < -0.39 is 0 Å². The molecule has 0 fully saturated rings. The zero-order chi connectivity index (χ0) is 12.4. The lowest BCUT2D eigenvalue weighted by Crippen LogP contribution is -2.00. The number of hydrogen-bond donors (Lipinski definition) is 0. The van der Waals surface area contributed by atoms with Crippen LogP contribution < -0.4 is 0 Å². The molecule has 0 saturated carbocycles. The van der Waals surface area contributed by atoms with Crippen molar-refractivity contribution in [1.29, 1.82) is 0 Å². The maximum Gasteiger partial charge on any atom is 0.317 e. The first kappa shape index (κ1) is 11.3. The van der Waals surface area contributed by atoms with Gasteiger partial charge in [-0.15, -0.1) is 0 Å². The van der Waals surface area contributed by atoms with Gasteiger partial charge in [-0.2, -0.15) is 5.10 Å². The third kappa shape index (κ3) is 2.01. The summed E-state index contributed by atoms with van der Waals surface area (Å²) < 4.78 is 1.69. The Morgan fingerprint density at radius 1 is 1.41 bits per heavy atom. The molecule has 6 nitrogen and oxygen atoms in total. The van der Waals surface area contributed by atoms with Crippen LogP contribution in [0.1, 0.15) is 5.56 Å². The third-order valence-electron chi connectivity index (χ3n) is 2.54. The molecular formula is C11H13N4O2+. The molecule has 0 atom stereocenters. The fraction of sp³-hybridized carbons (Fsp3) is 0.273. The number of rotatable bonds is 3. The lowest BCUT2D eigenvalue weighted by molar-refractivity contribution is -0.736. The summed E-state index contributed by atoms with van der Waals surface area (Å²) in [5.41, 5.74) is 2.34. The fourth-order valence-corrected chi connectivity index (χ4v) is 1.66. The van der Waals surface area contributed by atoms with Gasteiger partial charge in [0.25, 0.3) is 4.92 Å². The second-order valence-electron chi connectivity index (χ2n) is 3.65. The Balaban J connectivity index is 2.46. The standard InChI is InChI=1S/C11H13N4O2/c1-8-6-9(15(16)17-3)4-5-10(8)11-12-7-13-14(11)2/h4-7H,1-3H3/q+1. The lowest BCUT2D eigenvalue weighted by Gasteiger charge is -2.03.